The van der Waals surface area contributed by atoms with E-state index in [1.807, 2.05) is 44.2 Å². The number of hydrogen-bond acceptors (Lipinski definition) is 9. The molecule has 1 amide bonds. The van der Waals surface area contributed by atoms with Crippen molar-refractivity contribution in [2.45, 2.75) is 81.7 Å². The predicted molar refractivity (Wildman–Crippen MR) is 166 cm³/mol. The molecule has 2 N–H and O–H groups in total. The largest absolute Gasteiger partial charge is 0.471 e. The maximum Gasteiger partial charge on any atom is 0.407 e. The average Bonchev–Trinajstić information content (AvgIpc) is 3.58. The first-order valence-corrected chi connectivity index (χ1v) is 17.2. The van der Waals surface area contributed by atoms with Gasteiger partial charge in [-0.05, 0) is 48.4 Å². The van der Waals surface area contributed by atoms with Crippen molar-refractivity contribution in [3.8, 4) is 0 Å². The fraction of sp³-hybridized carbons (Fsp3) is 0.576. The number of nitrogens with one attached hydrogen (secondary N) is 1. The van der Waals surface area contributed by atoms with Crippen LogP contribution in [0.1, 0.15) is 50.8 Å². The van der Waals surface area contributed by atoms with E-state index in [-0.39, 0.29) is 54.7 Å². The summed E-state index contributed by atoms with van der Waals surface area (Å²) in [5.41, 5.74) is 1.72. The third-order valence-electron chi connectivity index (χ3n) is 9.09. The number of nitrogens with zero attached hydrogens (tertiary/aromatic N) is 2. The van der Waals surface area contributed by atoms with Crippen LogP contribution >= 0.6 is 0 Å². The number of carbonyl (C=O) groups excluding carboxylic acids is 1. The van der Waals surface area contributed by atoms with E-state index in [2.05, 4.69) is 10.3 Å². The summed E-state index contributed by atoms with van der Waals surface area (Å²) in [6, 6.07) is 15.3. The first-order chi connectivity index (χ1) is 21.6. The van der Waals surface area contributed by atoms with E-state index < -0.39 is 34.4 Å². The van der Waals surface area contributed by atoms with E-state index >= 15 is 0 Å². The first-order valence-electron chi connectivity index (χ1n) is 15.8. The van der Waals surface area contributed by atoms with Gasteiger partial charge in [-0.25, -0.2) is 13.2 Å². The molecule has 2 saturated heterocycles. The van der Waals surface area contributed by atoms with Crippen molar-refractivity contribution in [1.82, 2.24) is 9.62 Å². The molecular weight excluding hydrogens is 598 g/mol. The third kappa shape index (κ3) is 7.20. The van der Waals surface area contributed by atoms with Crippen LogP contribution in [0.5, 0.6) is 0 Å². The van der Waals surface area contributed by atoms with Gasteiger partial charge in [-0.15, -0.1) is 0 Å². The molecule has 1 saturated carbocycles. The fourth-order valence-electron chi connectivity index (χ4n) is 6.87. The van der Waals surface area contributed by atoms with Crippen LogP contribution in [0.3, 0.4) is 0 Å². The molecule has 45 heavy (non-hydrogen) atoms. The highest BCUT2D eigenvalue weighted by molar-refractivity contribution is 7.89. The Morgan fingerprint density at radius 1 is 1.09 bits per heavy atom. The second-order valence-electron chi connectivity index (χ2n) is 13.0. The number of benzene rings is 2. The van der Waals surface area contributed by atoms with E-state index in [1.165, 1.54) is 4.31 Å². The van der Waals surface area contributed by atoms with E-state index in [0.717, 1.165) is 24.0 Å². The van der Waals surface area contributed by atoms with Crippen LogP contribution in [0.15, 0.2) is 64.5 Å². The molecule has 0 aromatic heterocycles. The van der Waals surface area contributed by atoms with Crippen molar-refractivity contribution in [3.05, 3.63) is 65.7 Å². The lowest BCUT2D eigenvalue weighted by Gasteiger charge is -2.37. The number of sulfonamides is 1. The fourth-order valence-corrected chi connectivity index (χ4v) is 8.49. The van der Waals surface area contributed by atoms with Crippen LogP contribution in [0.25, 0.3) is 0 Å². The second-order valence-corrected chi connectivity index (χ2v) is 14.9. The number of aliphatic imine (C=N–C) groups is 1. The second kappa shape index (κ2) is 13.4. The van der Waals surface area contributed by atoms with Crippen LogP contribution in [0.4, 0.5) is 4.79 Å². The van der Waals surface area contributed by atoms with E-state index in [9.17, 15) is 18.3 Å². The Hall–Kier alpha value is -3.03. The normalized spacial score (nSPS) is 28.5. The summed E-state index contributed by atoms with van der Waals surface area (Å²) < 4.78 is 52.6. The number of ether oxygens (including phenoxy) is 4. The summed E-state index contributed by atoms with van der Waals surface area (Å²) in [5.74, 6) is 0.994. The maximum absolute atomic E-state index is 13.9. The molecule has 3 fully saturated rings. The van der Waals surface area contributed by atoms with Crippen LogP contribution in [-0.4, -0.2) is 86.7 Å². The number of hydrogen-bond donors (Lipinski definition) is 2. The number of aliphatic hydroxyl groups excluding tert-OH is 1. The number of aliphatic hydroxyl groups is 1. The zero-order chi connectivity index (χ0) is 31.7. The van der Waals surface area contributed by atoms with Gasteiger partial charge in [0.25, 0.3) is 0 Å². The van der Waals surface area contributed by atoms with Crippen molar-refractivity contribution >= 4 is 22.0 Å². The van der Waals surface area contributed by atoms with Crippen molar-refractivity contribution < 1.29 is 37.3 Å². The Bertz CT molecular complexity index is 1460. The molecule has 0 radical (unpaired) electrons. The van der Waals surface area contributed by atoms with Gasteiger partial charge in [-0.2, -0.15) is 4.31 Å². The van der Waals surface area contributed by atoms with Gasteiger partial charge in [0.2, 0.25) is 10.0 Å². The molecular formula is C33H43N3O8S. The summed E-state index contributed by atoms with van der Waals surface area (Å²) in [5, 5.41) is 14.5. The molecule has 3 heterocycles. The summed E-state index contributed by atoms with van der Waals surface area (Å²) >= 11 is 0. The number of carbonyl (C=O) groups is 1. The van der Waals surface area contributed by atoms with E-state index in [4.69, 9.17) is 18.9 Å². The van der Waals surface area contributed by atoms with Crippen LogP contribution < -0.4 is 5.32 Å². The molecule has 2 aromatic rings. The molecule has 11 nitrogen and oxygen atoms in total. The molecule has 0 spiro atoms. The van der Waals surface area contributed by atoms with Crippen LogP contribution in [0.2, 0.25) is 0 Å². The van der Waals surface area contributed by atoms with E-state index in [1.54, 1.807) is 31.2 Å². The Morgan fingerprint density at radius 3 is 2.53 bits per heavy atom. The van der Waals surface area contributed by atoms with E-state index in [0.29, 0.717) is 25.0 Å². The van der Waals surface area contributed by atoms with Gasteiger partial charge in [0.15, 0.2) is 12.2 Å². The Kier molecular flexibility index (Phi) is 9.49. The van der Waals surface area contributed by atoms with Gasteiger partial charge in [0.1, 0.15) is 12.2 Å². The molecule has 6 rings (SSSR count). The minimum absolute atomic E-state index is 0.0113. The Morgan fingerprint density at radius 2 is 1.84 bits per heavy atom. The monoisotopic (exact) mass is 641 g/mol. The van der Waals surface area contributed by atoms with Gasteiger partial charge in [-0.3, -0.25) is 4.99 Å². The lowest BCUT2D eigenvalue weighted by Crippen LogP contribution is -2.53. The van der Waals surface area contributed by atoms with Crippen molar-refractivity contribution in [2.24, 2.45) is 22.7 Å². The van der Waals surface area contributed by atoms with Crippen molar-refractivity contribution in [1.29, 1.82) is 0 Å². The van der Waals surface area contributed by atoms with Gasteiger partial charge in [-0.1, -0.05) is 56.3 Å². The average molecular weight is 642 g/mol. The lowest BCUT2D eigenvalue weighted by atomic mass is 9.78. The Balaban J connectivity index is 1.17. The number of amides is 1. The van der Waals surface area contributed by atoms with Crippen molar-refractivity contribution in [2.75, 3.05) is 26.2 Å². The maximum atomic E-state index is 13.9. The Labute approximate surface area is 265 Å². The minimum Gasteiger partial charge on any atom is -0.471 e. The predicted octanol–water partition coefficient (Wildman–Crippen LogP) is 3.67. The number of fused-ring (bicyclic) bond motifs is 2. The standard InChI is InChI=1S/C33H43N3O8S/c1-20(2)17-36(45(39,40)26-11-9-23(10-12-26)30-16-34-21(3)42-30)18-28(37)27(13-22-7-5-4-6-8-22)35-33(38)44-31-25-14-24-15-29(31)43-32(24)41-19-25/h4-12,20,24-25,27-32,37H,13-19H2,1-3H3,(H,35,38). The summed E-state index contributed by atoms with van der Waals surface area (Å²) in [4.78, 5) is 17.7. The highest BCUT2D eigenvalue weighted by atomic mass is 32.2. The zero-order valence-electron chi connectivity index (χ0n) is 25.9. The first kappa shape index (κ1) is 31.9. The lowest BCUT2D eigenvalue weighted by molar-refractivity contribution is -0.153. The third-order valence-corrected chi connectivity index (χ3v) is 10.9. The highest BCUT2D eigenvalue weighted by Gasteiger charge is 2.53. The van der Waals surface area contributed by atoms with Gasteiger partial charge in [0, 0.05) is 31.8 Å². The molecule has 3 aliphatic heterocycles. The quantitative estimate of drug-likeness (QED) is 0.359. The van der Waals surface area contributed by atoms with Gasteiger partial charge >= 0.3 is 6.09 Å². The summed E-state index contributed by atoms with van der Waals surface area (Å²) in [6.45, 7) is 6.58. The minimum atomic E-state index is -3.98. The molecule has 1 aliphatic carbocycles. The molecule has 8 unspecified atom stereocenters. The number of rotatable bonds is 12. The van der Waals surface area contributed by atoms with Crippen molar-refractivity contribution in [3.63, 3.8) is 0 Å². The molecule has 4 aliphatic rings. The van der Waals surface area contributed by atoms with Gasteiger partial charge < -0.3 is 29.4 Å². The number of alkyl carbamates (subject to hydrolysis) is 1. The summed E-state index contributed by atoms with van der Waals surface area (Å²) in [7, 11) is -3.98. The molecule has 3 bridgehead atoms. The smallest absolute Gasteiger partial charge is 0.407 e. The molecule has 2 aromatic carbocycles. The topological polar surface area (TPSA) is 136 Å². The van der Waals surface area contributed by atoms with Crippen LogP contribution in [0, 0.1) is 17.8 Å². The highest BCUT2D eigenvalue weighted by Crippen LogP contribution is 2.46. The zero-order valence-corrected chi connectivity index (χ0v) is 26.8. The molecule has 244 valence electrons. The molecule has 8 atom stereocenters. The summed E-state index contributed by atoms with van der Waals surface area (Å²) in [6.07, 6.45) is -1.04. The molecule has 12 heteroatoms. The van der Waals surface area contributed by atoms with Crippen LogP contribution in [-0.2, 0) is 35.4 Å². The van der Waals surface area contributed by atoms with Gasteiger partial charge in [0.05, 0.1) is 36.3 Å². The SMILES string of the molecule is CC1=NCC(c2ccc(S(=O)(=O)N(CC(C)C)CC(O)C(Cc3ccccc3)NC(=O)OC3C4COC5OC3CC5C4)cc2)O1.